The predicted molar refractivity (Wildman–Crippen MR) is 78.9 cm³/mol. The van der Waals surface area contributed by atoms with Gasteiger partial charge in [-0.3, -0.25) is 10.1 Å². The Morgan fingerprint density at radius 2 is 2.05 bits per heavy atom. The molecular formula is C15H11ClN2O4. The van der Waals surface area contributed by atoms with Crippen LogP contribution in [0.25, 0.3) is 0 Å². The Morgan fingerprint density at radius 3 is 2.64 bits per heavy atom. The molecule has 0 atom stereocenters. The number of benzene rings is 1. The topological polar surface area (TPSA) is 92.3 Å². The molecule has 2 rings (SSSR count). The highest BCUT2D eigenvalue weighted by Gasteiger charge is 2.25. The number of nitrogens with zero attached hydrogens (tertiary/aromatic N) is 1. The molecular weight excluding hydrogens is 308 g/mol. The molecule has 0 spiro atoms. The monoisotopic (exact) mass is 318 g/mol. The Bertz CT molecular complexity index is 789. The lowest BCUT2D eigenvalue weighted by atomic mass is 10.1. The van der Waals surface area contributed by atoms with Crippen molar-refractivity contribution in [2.24, 2.45) is 0 Å². The van der Waals surface area contributed by atoms with E-state index >= 15 is 0 Å². The van der Waals surface area contributed by atoms with E-state index in [1.165, 1.54) is 20.1 Å². The van der Waals surface area contributed by atoms with Crippen molar-refractivity contribution in [2.45, 2.75) is 6.92 Å². The summed E-state index contributed by atoms with van der Waals surface area (Å²) in [6.45, 7) is 1.50. The largest absolute Gasteiger partial charge is 0.465 e. The molecule has 0 aliphatic carbocycles. The fourth-order valence-corrected chi connectivity index (χ4v) is 2.12. The maximum atomic E-state index is 12.2. The van der Waals surface area contributed by atoms with Crippen LogP contribution in [-0.2, 0) is 4.74 Å². The van der Waals surface area contributed by atoms with Gasteiger partial charge in [0.05, 0.1) is 17.7 Å². The zero-order valence-electron chi connectivity index (χ0n) is 11.8. The minimum atomic E-state index is -0.712. The average molecular weight is 319 g/mol. The molecule has 6 nitrogen and oxygen atoms in total. The van der Waals surface area contributed by atoms with E-state index in [1.807, 2.05) is 6.07 Å². The second kappa shape index (κ2) is 6.33. The first-order chi connectivity index (χ1) is 10.5. The van der Waals surface area contributed by atoms with E-state index in [4.69, 9.17) is 16.0 Å². The van der Waals surface area contributed by atoms with Gasteiger partial charge in [0.25, 0.3) is 5.91 Å². The van der Waals surface area contributed by atoms with Crippen molar-refractivity contribution in [3.8, 4) is 6.07 Å². The maximum Gasteiger partial charge on any atom is 0.342 e. The Labute approximate surface area is 131 Å². The van der Waals surface area contributed by atoms with Gasteiger partial charge in [-0.05, 0) is 19.1 Å². The Balaban J connectivity index is 2.39. The summed E-state index contributed by atoms with van der Waals surface area (Å²) < 4.78 is 9.89. The third-order valence-electron chi connectivity index (χ3n) is 2.93. The molecule has 112 valence electrons. The van der Waals surface area contributed by atoms with E-state index in [0.29, 0.717) is 0 Å². The number of hydrogen-bond donors (Lipinski definition) is 1. The van der Waals surface area contributed by atoms with Crippen molar-refractivity contribution in [2.75, 3.05) is 12.4 Å². The Morgan fingerprint density at radius 1 is 1.36 bits per heavy atom. The number of nitriles is 1. The highest BCUT2D eigenvalue weighted by Crippen LogP contribution is 2.28. The number of rotatable bonds is 3. The van der Waals surface area contributed by atoms with Gasteiger partial charge < -0.3 is 9.15 Å². The third-order valence-corrected chi connectivity index (χ3v) is 3.26. The number of esters is 1. The minimum Gasteiger partial charge on any atom is -0.465 e. The van der Waals surface area contributed by atoms with Crippen LogP contribution in [0.2, 0.25) is 5.02 Å². The lowest BCUT2D eigenvalue weighted by Gasteiger charge is -2.04. The van der Waals surface area contributed by atoms with Gasteiger partial charge >= 0.3 is 5.97 Å². The van der Waals surface area contributed by atoms with E-state index in [1.54, 1.807) is 18.2 Å². The summed E-state index contributed by atoms with van der Waals surface area (Å²) in [6.07, 6.45) is 0. The summed E-state index contributed by atoms with van der Waals surface area (Å²) in [7, 11) is 1.19. The number of amides is 1. The standard InChI is InChI=1S/C15H11ClN2O4/c1-8-12(15(20)21-2)10(7-17)14(22-8)18-13(19)9-5-3-4-6-11(9)16/h3-6H,1-2H3,(H,18,19). The van der Waals surface area contributed by atoms with Crippen LogP contribution in [0, 0.1) is 18.3 Å². The second-order valence-electron chi connectivity index (χ2n) is 4.27. The van der Waals surface area contributed by atoms with Gasteiger partial charge in [0, 0.05) is 0 Å². The second-order valence-corrected chi connectivity index (χ2v) is 4.68. The number of ether oxygens (including phenoxy) is 1. The summed E-state index contributed by atoms with van der Waals surface area (Å²) in [5.74, 6) is -1.20. The van der Waals surface area contributed by atoms with Gasteiger partial charge in [0.1, 0.15) is 23.0 Å². The van der Waals surface area contributed by atoms with Gasteiger partial charge in [-0.2, -0.15) is 5.26 Å². The number of halogens is 1. The van der Waals surface area contributed by atoms with Crippen molar-refractivity contribution < 1.29 is 18.7 Å². The number of anilines is 1. The van der Waals surface area contributed by atoms with Crippen molar-refractivity contribution in [3.05, 3.63) is 51.7 Å². The molecule has 1 heterocycles. The van der Waals surface area contributed by atoms with Crippen molar-refractivity contribution in [1.82, 2.24) is 0 Å². The van der Waals surface area contributed by atoms with Crippen LogP contribution in [0.15, 0.2) is 28.7 Å². The number of methoxy groups -OCH3 is 1. The molecule has 2 aromatic rings. The molecule has 1 aromatic carbocycles. The number of carbonyl (C=O) groups excluding carboxylic acids is 2. The van der Waals surface area contributed by atoms with Crippen LogP contribution in [0.4, 0.5) is 5.88 Å². The zero-order valence-corrected chi connectivity index (χ0v) is 12.5. The maximum absolute atomic E-state index is 12.2. The van der Waals surface area contributed by atoms with Crippen molar-refractivity contribution in [1.29, 1.82) is 5.26 Å². The van der Waals surface area contributed by atoms with Gasteiger partial charge in [-0.25, -0.2) is 4.79 Å². The molecule has 1 N–H and O–H groups in total. The van der Waals surface area contributed by atoms with Crippen LogP contribution >= 0.6 is 11.6 Å². The van der Waals surface area contributed by atoms with Crippen LogP contribution in [-0.4, -0.2) is 19.0 Å². The smallest absolute Gasteiger partial charge is 0.342 e. The molecule has 0 aliphatic heterocycles. The number of carbonyl (C=O) groups is 2. The minimum absolute atomic E-state index is 0.0144. The van der Waals surface area contributed by atoms with E-state index in [-0.39, 0.29) is 33.4 Å². The normalized spacial score (nSPS) is 9.91. The fourth-order valence-electron chi connectivity index (χ4n) is 1.90. The van der Waals surface area contributed by atoms with E-state index in [9.17, 15) is 14.9 Å². The molecule has 22 heavy (non-hydrogen) atoms. The molecule has 0 saturated heterocycles. The van der Waals surface area contributed by atoms with Crippen LogP contribution < -0.4 is 5.32 Å². The zero-order chi connectivity index (χ0) is 16.3. The van der Waals surface area contributed by atoms with Gasteiger partial charge in [-0.1, -0.05) is 23.7 Å². The quantitative estimate of drug-likeness (QED) is 0.877. The summed E-state index contributed by atoms with van der Waals surface area (Å²) in [5.41, 5.74) is 0.117. The first-order valence-electron chi connectivity index (χ1n) is 6.17. The highest BCUT2D eigenvalue weighted by atomic mass is 35.5. The SMILES string of the molecule is COC(=O)c1c(C)oc(NC(=O)c2ccccc2Cl)c1C#N. The molecule has 0 bridgehead atoms. The summed E-state index contributed by atoms with van der Waals surface area (Å²) in [4.78, 5) is 23.9. The lowest BCUT2D eigenvalue weighted by molar-refractivity contribution is 0.0598. The molecule has 0 aliphatic rings. The molecule has 0 unspecified atom stereocenters. The molecule has 7 heteroatoms. The van der Waals surface area contributed by atoms with Crippen LogP contribution in [0.3, 0.4) is 0 Å². The first kappa shape index (κ1) is 15.6. The Kier molecular flexibility index (Phi) is 4.49. The van der Waals surface area contributed by atoms with Gasteiger partial charge in [-0.15, -0.1) is 0 Å². The van der Waals surface area contributed by atoms with Crippen LogP contribution in [0.5, 0.6) is 0 Å². The fraction of sp³-hybridized carbons (Fsp3) is 0.133. The molecule has 0 radical (unpaired) electrons. The number of aryl methyl sites for hydroxylation is 1. The molecule has 0 saturated carbocycles. The average Bonchev–Trinajstić information content (AvgIpc) is 2.82. The summed E-state index contributed by atoms with van der Waals surface area (Å²) >= 11 is 5.94. The van der Waals surface area contributed by atoms with E-state index in [2.05, 4.69) is 10.1 Å². The van der Waals surface area contributed by atoms with E-state index < -0.39 is 11.9 Å². The summed E-state index contributed by atoms with van der Waals surface area (Å²) in [6, 6.07) is 8.26. The van der Waals surface area contributed by atoms with E-state index in [0.717, 1.165) is 0 Å². The third kappa shape index (κ3) is 2.80. The lowest BCUT2D eigenvalue weighted by Crippen LogP contribution is -2.13. The molecule has 0 fully saturated rings. The summed E-state index contributed by atoms with van der Waals surface area (Å²) in [5, 5.41) is 11.9. The molecule has 1 aromatic heterocycles. The first-order valence-corrected chi connectivity index (χ1v) is 6.55. The molecule has 1 amide bonds. The van der Waals surface area contributed by atoms with Crippen LogP contribution in [0.1, 0.15) is 32.0 Å². The van der Waals surface area contributed by atoms with Gasteiger partial charge in [0.15, 0.2) is 0 Å². The van der Waals surface area contributed by atoms with Gasteiger partial charge in [0.2, 0.25) is 5.88 Å². The Hall–Kier alpha value is -2.78. The highest BCUT2D eigenvalue weighted by molar-refractivity contribution is 6.34. The predicted octanol–water partition coefficient (Wildman–Crippen LogP) is 3.15. The number of hydrogen-bond acceptors (Lipinski definition) is 5. The number of furan rings is 1. The van der Waals surface area contributed by atoms with Crippen molar-refractivity contribution in [3.63, 3.8) is 0 Å². The van der Waals surface area contributed by atoms with Crippen molar-refractivity contribution >= 4 is 29.4 Å². The number of nitrogens with one attached hydrogen (secondary N) is 1.